The molecule has 0 aliphatic rings. The highest BCUT2D eigenvalue weighted by atomic mass is 32.2. The molecule has 0 saturated heterocycles. The van der Waals surface area contributed by atoms with Crippen molar-refractivity contribution in [2.24, 2.45) is 0 Å². The van der Waals surface area contributed by atoms with E-state index in [-0.39, 0.29) is 11.7 Å². The number of hydrogen-bond donors (Lipinski definition) is 0. The van der Waals surface area contributed by atoms with E-state index in [0.717, 1.165) is 16.2 Å². The average Bonchev–Trinajstić information content (AvgIpc) is 2.56. The second kappa shape index (κ2) is 7.51. The molecule has 2 aromatic carbocycles. The number of methoxy groups -OCH3 is 1. The van der Waals surface area contributed by atoms with Crippen LogP contribution < -0.4 is 4.74 Å². The third kappa shape index (κ3) is 4.05. The van der Waals surface area contributed by atoms with E-state index in [9.17, 15) is 9.18 Å². The van der Waals surface area contributed by atoms with Gasteiger partial charge in [-0.2, -0.15) is 0 Å². The number of aryl methyl sites for hydroxylation is 1. The molecule has 5 heteroatoms. The van der Waals surface area contributed by atoms with Crippen LogP contribution in [0.5, 0.6) is 5.75 Å². The molecule has 0 unspecified atom stereocenters. The van der Waals surface area contributed by atoms with Crippen LogP contribution in [-0.2, 0) is 6.54 Å². The fourth-order valence-electron chi connectivity index (χ4n) is 2.32. The van der Waals surface area contributed by atoms with Crippen LogP contribution >= 0.6 is 11.8 Å². The van der Waals surface area contributed by atoms with Gasteiger partial charge in [-0.3, -0.25) is 4.79 Å². The zero-order valence-electron chi connectivity index (χ0n) is 13.7. The first kappa shape index (κ1) is 17.3. The van der Waals surface area contributed by atoms with Gasteiger partial charge in [0.25, 0.3) is 5.91 Å². The van der Waals surface area contributed by atoms with Crippen molar-refractivity contribution >= 4 is 17.7 Å². The molecule has 1 amide bonds. The first-order valence-electron chi connectivity index (χ1n) is 7.18. The number of benzene rings is 2. The standard InChI is InChI=1S/C18H20FNO2S/c1-12-9-14(6-7-15(12)19)18(21)20(2)11-13-5-8-17(23-4)16(10-13)22-3/h5-10H,11H2,1-4H3. The third-order valence-electron chi connectivity index (χ3n) is 3.62. The molecule has 122 valence electrons. The highest BCUT2D eigenvalue weighted by Crippen LogP contribution is 2.28. The van der Waals surface area contributed by atoms with Crippen molar-refractivity contribution < 1.29 is 13.9 Å². The van der Waals surface area contributed by atoms with E-state index in [0.29, 0.717) is 17.7 Å². The van der Waals surface area contributed by atoms with Crippen molar-refractivity contribution in [3.05, 3.63) is 58.9 Å². The second-order valence-corrected chi connectivity index (χ2v) is 6.16. The van der Waals surface area contributed by atoms with Gasteiger partial charge in [-0.15, -0.1) is 11.8 Å². The molecule has 0 spiro atoms. The molecule has 0 fully saturated rings. The number of nitrogens with zero attached hydrogens (tertiary/aromatic N) is 1. The van der Waals surface area contributed by atoms with E-state index >= 15 is 0 Å². The molecule has 0 aromatic heterocycles. The van der Waals surface area contributed by atoms with Gasteiger partial charge in [-0.1, -0.05) is 6.07 Å². The molecule has 0 saturated carbocycles. The van der Waals surface area contributed by atoms with E-state index in [1.54, 1.807) is 43.8 Å². The van der Waals surface area contributed by atoms with Gasteiger partial charge in [0.1, 0.15) is 11.6 Å². The second-order valence-electron chi connectivity index (χ2n) is 5.31. The summed E-state index contributed by atoms with van der Waals surface area (Å²) >= 11 is 1.61. The molecule has 0 aliphatic carbocycles. The minimum atomic E-state index is -0.304. The number of carbonyl (C=O) groups excluding carboxylic acids is 1. The highest BCUT2D eigenvalue weighted by molar-refractivity contribution is 7.98. The Balaban J connectivity index is 2.16. The number of halogens is 1. The van der Waals surface area contributed by atoms with Crippen LogP contribution in [0.4, 0.5) is 4.39 Å². The lowest BCUT2D eigenvalue weighted by Gasteiger charge is -2.18. The van der Waals surface area contributed by atoms with Gasteiger partial charge in [0, 0.05) is 24.1 Å². The van der Waals surface area contributed by atoms with Crippen LogP contribution in [0.2, 0.25) is 0 Å². The summed E-state index contributed by atoms with van der Waals surface area (Å²) in [6.45, 7) is 2.11. The Labute approximate surface area is 140 Å². The van der Waals surface area contributed by atoms with Crippen LogP contribution in [-0.4, -0.2) is 31.2 Å². The lowest BCUT2D eigenvalue weighted by Crippen LogP contribution is -2.26. The van der Waals surface area contributed by atoms with E-state index in [1.165, 1.54) is 12.1 Å². The molecule has 2 aromatic rings. The Bertz CT molecular complexity index is 718. The van der Waals surface area contributed by atoms with Crippen molar-refractivity contribution in [1.82, 2.24) is 4.90 Å². The van der Waals surface area contributed by atoms with Gasteiger partial charge in [0.2, 0.25) is 0 Å². The Morgan fingerprint density at radius 1 is 1.26 bits per heavy atom. The Hall–Kier alpha value is -2.01. The largest absolute Gasteiger partial charge is 0.496 e. The number of ether oxygens (including phenoxy) is 1. The number of rotatable bonds is 5. The third-order valence-corrected chi connectivity index (χ3v) is 4.40. The number of amides is 1. The molecule has 0 aliphatic heterocycles. The summed E-state index contributed by atoms with van der Waals surface area (Å²) in [7, 11) is 3.37. The van der Waals surface area contributed by atoms with Crippen LogP contribution in [0.1, 0.15) is 21.5 Å². The summed E-state index contributed by atoms with van der Waals surface area (Å²) in [5.74, 6) is 0.357. The minimum absolute atomic E-state index is 0.138. The van der Waals surface area contributed by atoms with Crippen LogP contribution in [0.25, 0.3) is 0 Å². The smallest absolute Gasteiger partial charge is 0.253 e. The lowest BCUT2D eigenvalue weighted by atomic mass is 10.1. The monoisotopic (exact) mass is 333 g/mol. The van der Waals surface area contributed by atoms with Gasteiger partial charge >= 0.3 is 0 Å². The summed E-state index contributed by atoms with van der Waals surface area (Å²) in [4.78, 5) is 15.1. The van der Waals surface area contributed by atoms with Crippen molar-refractivity contribution in [3.8, 4) is 5.75 Å². The Kier molecular flexibility index (Phi) is 5.66. The maximum atomic E-state index is 13.3. The summed E-state index contributed by atoms with van der Waals surface area (Å²) < 4.78 is 18.7. The molecule has 0 bridgehead atoms. The van der Waals surface area contributed by atoms with Crippen LogP contribution in [0.3, 0.4) is 0 Å². The summed E-state index contributed by atoms with van der Waals surface area (Å²) in [5.41, 5.74) is 1.93. The van der Waals surface area contributed by atoms with E-state index in [2.05, 4.69) is 0 Å². The molecule has 23 heavy (non-hydrogen) atoms. The quantitative estimate of drug-likeness (QED) is 0.770. The molecule has 0 heterocycles. The SMILES string of the molecule is COc1cc(CN(C)C(=O)c2ccc(F)c(C)c2)ccc1SC. The Morgan fingerprint density at radius 2 is 2.00 bits per heavy atom. The zero-order valence-corrected chi connectivity index (χ0v) is 14.5. The molecule has 2 rings (SSSR count). The fraction of sp³-hybridized carbons (Fsp3) is 0.278. The molecule has 0 radical (unpaired) electrons. The number of hydrogen-bond acceptors (Lipinski definition) is 3. The van der Waals surface area contributed by atoms with E-state index in [1.807, 2.05) is 24.5 Å². The first-order chi connectivity index (χ1) is 11.0. The average molecular weight is 333 g/mol. The maximum Gasteiger partial charge on any atom is 0.253 e. The van der Waals surface area contributed by atoms with Crippen LogP contribution in [0.15, 0.2) is 41.3 Å². The topological polar surface area (TPSA) is 29.5 Å². The van der Waals surface area contributed by atoms with Crippen LogP contribution in [0, 0.1) is 12.7 Å². The minimum Gasteiger partial charge on any atom is -0.496 e. The predicted molar refractivity (Wildman–Crippen MR) is 91.7 cm³/mol. The van der Waals surface area contributed by atoms with Crippen molar-refractivity contribution in [1.29, 1.82) is 0 Å². The van der Waals surface area contributed by atoms with Crippen molar-refractivity contribution in [2.75, 3.05) is 20.4 Å². The summed E-state index contributed by atoms with van der Waals surface area (Å²) in [6, 6.07) is 10.3. The Morgan fingerprint density at radius 3 is 2.61 bits per heavy atom. The van der Waals surface area contributed by atoms with Gasteiger partial charge in [-0.05, 0) is 54.6 Å². The van der Waals surface area contributed by atoms with E-state index < -0.39 is 0 Å². The van der Waals surface area contributed by atoms with Crippen molar-refractivity contribution in [3.63, 3.8) is 0 Å². The molecular formula is C18H20FNO2S. The summed E-state index contributed by atoms with van der Waals surface area (Å²) in [6.07, 6.45) is 1.99. The van der Waals surface area contributed by atoms with Crippen molar-refractivity contribution in [2.45, 2.75) is 18.4 Å². The predicted octanol–water partition coefficient (Wildman–Crippen LogP) is 4.14. The molecule has 3 nitrogen and oxygen atoms in total. The molecule has 0 N–H and O–H groups in total. The van der Waals surface area contributed by atoms with Gasteiger partial charge < -0.3 is 9.64 Å². The molecular weight excluding hydrogens is 313 g/mol. The fourth-order valence-corrected chi connectivity index (χ4v) is 2.87. The van der Waals surface area contributed by atoms with Gasteiger partial charge in [-0.25, -0.2) is 4.39 Å². The normalized spacial score (nSPS) is 10.5. The zero-order chi connectivity index (χ0) is 17.0. The van der Waals surface area contributed by atoms with E-state index in [4.69, 9.17) is 4.74 Å². The van der Waals surface area contributed by atoms with Gasteiger partial charge in [0.05, 0.1) is 7.11 Å². The number of thioether (sulfide) groups is 1. The summed E-state index contributed by atoms with van der Waals surface area (Å²) in [5, 5.41) is 0. The molecule has 0 atom stereocenters. The maximum absolute atomic E-state index is 13.3. The number of carbonyl (C=O) groups is 1. The lowest BCUT2D eigenvalue weighted by molar-refractivity contribution is 0.0785. The highest BCUT2D eigenvalue weighted by Gasteiger charge is 2.14. The first-order valence-corrected chi connectivity index (χ1v) is 8.41. The van der Waals surface area contributed by atoms with Gasteiger partial charge in [0.15, 0.2) is 0 Å².